The molecule has 2 aromatic rings. The van der Waals surface area contributed by atoms with Crippen LogP contribution >= 0.6 is 0 Å². The molecule has 6 heteroatoms. The molecule has 0 aliphatic heterocycles. The van der Waals surface area contributed by atoms with Gasteiger partial charge in [0, 0.05) is 31.9 Å². The van der Waals surface area contributed by atoms with E-state index in [0.29, 0.717) is 13.1 Å². The average Bonchev–Trinajstić information content (AvgIpc) is 3.21. The number of hydrogen-bond acceptors (Lipinski definition) is 3. The number of rotatable bonds is 5. The third kappa shape index (κ3) is 4.14. The van der Waals surface area contributed by atoms with Gasteiger partial charge in [0.15, 0.2) is 0 Å². The molecule has 128 valence electrons. The highest BCUT2D eigenvalue weighted by atomic mass is 16.3. The minimum atomic E-state index is -0.725. The predicted octanol–water partition coefficient (Wildman–Crippen LogP) is 2.19. The van der Waals surface area contributed by atoms with Gasteiger partial charge in [-0.2, -0.15) is 5.10 Å². The Morgan fingerprint density at radius 3 is 2.79 bits per heavy atom. The molecular weight excluding hydrogens is 304 g/mol. The van der Waals surface area contributed by atoms with E-state index in [0.717, 1.165) is 42.4 Å². The normalized spacial score (nSPS) is 16.1. The molecule has 1 saturated carbocycles. The summed E-state index contributed by atoms with van der Waals surface area (Å²) in [5.74, 6) is 0. The molecule has 6 nitrogen and oxygen atoms in total. The number of aliphatic hydroxyl groups is 1. The molecule has 0 unspecified atom stereocenters. The standard InChI is InChI=1S/C18H24N4O2/c1-22-12-16(11-21-22)15-6-4-5-14(9-15)10-19-17(23)20-13-18(24)7-2-3-8-18/h4-6,9,11-12,24H,2-3,7-8,10,13H2,1H3,(H2,19,20,23). The maximum absolute atomic E-state index is 11.9. The van der Waals surface area contributed by atoms with E-state index in [1.807, 2.05) is 43.7 Å². The quantitative estimate of drug-likeness (QED) is 0.787. The van der Waals surface area contributed by atoms with Gasteiger partial charge in [0.05, 0.1) is 11.8 Å². The van der Waals surface area contributed by atoms with Gasteiger partial charge in [-0.15, -0.1) is 0 Å². The van der Waals surface area contributed by atoms with E-state index in [1.165, 1.54) is 0 Å². The van der Waals surface area contributed by atoms with Crippen LogP contribution in [0.25, 0.3) is 11.1 Å². The van der Waals surface area contributed by atoms with Crippen molar-refractivity contribution in [3.63, 3.8) is 0 Å². The lowest BCUT2D eigenvalue weighted by Crippen LogP contribution is -2.44. The van der Waals surface area contributed by atoms with Gasteiger partial charge in [-0.3, -0.25) is 4.68 Å². The maximum Gasteiger partial charge on any atom is 0.315 e. The van der Waals surface area contributed by atoms with Crippen molar-refractivity contribution in [2.24, 2.45) is 7.05 Å². The van der Waals surface area contributed by atoms with Gasteiger partial charge in [0.1, 0.15) is 0 Å². The maximum atomic E-state index is 11.9. The molecule has 0 spiro atoms. The first-order valence-electron chi connectivity index (χ1n) is 8.36. The molecule has 3 rings (SSSR count). The molecule has 1 aliphatic carbocycles. The van der Waals surface area contributed by atoms with Crippen LogP contribution in [0.5, 0.6) is 0 Å². The molecule has 1 aromatic heterocycles. The van der Waals surface area contributed by atoms with Gasteiger partial charge in [-0.25, -0.2) is 4.79 Å². The highest BCUT2D eigenvalue weighted by Crippen LogP contribution is 2.28. The number of nitrogens with one attached hydrogen (secondary N) is 2. The summed E-state index contributed by atoms with van der Waals surface area (Å²) >= 11 is 0. The fourth-order valence-corrected chi connectivity index (χ4v) is 3.13. The number of nitrogens with zero attached hydrogens (tertiary/aromatic N) is 2. The van der Waals surface area contributed by atoms with E-state index in [1.54, 1.807) is 4.68 Å². The zero-order valence-electron chi connectivity index (χ0n) is 14.0. The van der Waals surface area contributed by atoms with E-state index in [9.17, 15) is 9.90 Å². The van der Waals surface area contributed by atoms with Crippen molar-refractivity contribution >= 4 is 6.03 Å². The first kappa shape index (κ1) is 16.5. The van der Waals surface area contributed by atoms with Crippen LogP contribution in [0.3, 0.4) is 0 Å². The highest BCUT2D eigenvalue weighted by molar-refractivity contribution is 5.74. The lowest BCUT2D eigenvalue weighted by Gasteiger charge is -2.22. The fourth-order valence-electron chi connectivity index (χ4n) is 3.13. The van der Waals surface area contributed by atoms with Crippen molar-refractivity contribution in [2.45, 2.75) is 37.8 Å². The Kier molecular flexibility index (Phi) is 4.85. The monoisotopic (exact) mass is 328 g/mol. The molecule has 1 aromatic carbocycles. The molecule has 0 atom stereocenters. The molecule has 1 heterocycles. The Bertz CT molecular complexity index is 705. The number of amides is 2. The zero-order valence-corrected chi connectivity index (χ0v) is 14.0. The Hall–Kier alpha value is -2.34. The Morgan fingerprint density at radius 2 is 2.08 bits per heavy atom. The Labute approximate surface area is 141 Å². The third-order valence-electron chi connectivity index (χ3n) is 4.53. The van der Waals surface area contributed by atoms with Crippen LogP contribution in [0.2, 0.25) is 0 Å². The predicted molar refractivity (Wildman–Crippen MR) is 92.3 cm³/mol. The third-order valence-corrected chi connectivity index (χ3v) is 4.53. The SMILES string of the molecule is Cn1cc(-c2cccc(CNC(=O)NCC3(O)CCCC3)c2)cn1. The molecular formula is C18H24N4O2. The van der Waals surface area contributed by atoms with Crippen LogP contribution in [0.1, 0.15) is 31.2 Å². The van der Waals surface area contributed by atoms with E-state index < -0.39 is 5.60 Å². The number of hydrogen-bond donors (Lipinski definition) is 3. The number of aryl methyl sites for hydroxylation is 1. The Morgan fingerprint density at radius 1 is 1.29 bits per heavy atom. The van der Waals surface area contributed by atoms with Crippen molar-refractivity contribution < 1.29 is 9.90 Å². The van der Waals surface area contributed by atoms with Crippen LogP contribution in [0.15, 0.2) is 36.7 Å². The minimum absolute atomic E-state index is 0.248. The van der Waals surface area contributed by atoms with Crippen LogP contribution in [0, 0.1) is 0 Å². The van der Waals surface area contributed by atoms with Crippen molar-refractivity contribution in [1.29, 1.82) is 0 Å². The second kappa shape index (κ2) is 7.05. The summed E-state index contributed by atoms with van der Waals surface area (Å²) in [6.45, 7) is 0.757. The van der Waals surface area contributed by atoms with E-state index in [4.69, 9.17) is 0 Å². The van der Waals surface area contributed by atoms with E-state index in [-0.39, 0.29) is 6.03 Å². The van der Waals surface area contributed by atoms with Crippen LogP contribution < -0.4 is 10.6 Å². The van der Waals surface area contributed by atoms with E-state index in [2.05, 4.69) is 15.7 Å². The van der Waals surface area contributed by atoms with Gasteiger partial charge in [0.25, 0.3) is 0 Å². The van der Waals surface area contributed by atoms with Crippen molar-refractivity contribution in [3.8, 4) is 11.1 Å². The van der Waals surface area contributed by atoms with Gasteiger partial charge >= 0.3 is 6.03 Å². The lowest BCUT2D eigenvalue weighted by molar-refractivity contribution is 0.0501. The number of urea groups is 1. The minimum Gasteiger partial charge on any atom is -0.388 e. The smallest absolute Gasteiger partial charge is 0.315 e. The number of carbonyl (C=O) groups is 1. The summed E-state index contributed by atoms with van der Waals surface area (Å²) in [6, 6.07) is 7.77. The molecule has 3 N–H and O–H groups in total. The van der Waals surface area contributed by atoms with Gasteiger partial charge in [-0.1, -0.05) is 31.0 Å². The molecule has 1 aliphatic rings. The van der Waals surface area contributed by atoms with Gasteiger partial charge in [0.2, 0.25) is 0 Å². The average molecular weight is 328 g/mol. The van der Waals surface area contributed by atoms with Crippen LogP contribution in [0.4, 0.5) is 4.79 Å². The first-order valence-corrected chi connectivity index (χ1v) is 8.36. The Balaban J connectivity index is 1.52. The molecule has 2 amide bonds. The molecule has 1 fully saturated rings. The summed E-state index contributed by atoms with van der Waals surface area (Å²) in [6.07, 6.45) is 7.37. The molecule has 24 heavy (non-hydrogen) atoms. The lowest BCUT2D eigenvalue weighted by atomic mass is 10.0. The van der Waals surface area contributed by atoms with Crippen molar-refractivity contribution in [3.05, 3.63) is 42.2 Å². The summed E-state index contributed by atoms with van der Waals surface area (Å²) in [5, 5.41) is 20.0. The summed E-state index contributed by atoms with van der Waals surface area (Å²) in [5.41, 5.74) is 2.42. The summed E-state index contributed by atoms with van der Waals surface area (Å²) < 4.78 is 1.77. The second-order valence-corrected chi connectivity index (χ2v) is 6.57. The van der Waals surface area contributed by atoms with Crippen molar-refractivity contribution in [1.82, 2.24) is 20.4 Å². The summed E-state index contributed by atoms with van der Waals surface area (Å²) in [4.78, 5) is 11.9. The van der Waals surface area contributed by atoms with Crippen LogP contribution in [-0.4, -0.2) is 33.1 Å². The number of carbonyl (C=O) groups excluding carboxylic acids is 1. The largest absolute Gasteiger partial charge is 0.388 e. The fraction of sp³-hybridized carbons (Fsp3) is 0.444. The zero-order chi connectivity index (χ0) is 17.0. The van der Waals surface area contributed by atoms with Gasteiger partial charge < -0.3 is 15.7 Å². The first-order chi connectivity index (χ1) is 11.5. The number of aromatic nitrogens is 2. The molecule has 0 radical (unpaired) electrons. The molecule has 0 saturated heterocycles. The topological polar surface area (TPSA) is 79.2 Å². The number of benzene rings is 1. The molecule has 0 bridgehead atoms. The van der Waals surface area contributed by atoms with Crippen LogP contribution in [-0.2, 0) is 13.6 Å². The van der Waals surface area contributed by atoms with Gasteiger partial charge in [-0.05, 0) is 30.0 Å². The van der Waals surface area contributed by atoms with Crippen molar-refractivity contribution in [2.75, 3.05) is 6.54 Å². The van der Waals surface area contributed by atoms with E-state index >= 15 is 0 Å². The summed E-state index contributed by atoms with van der Waals surface area (Å²) in [7, 11) is 1.89. The second-order valence-electron chi connectivity index (χ2n) is 6.57. The highest BCUT2D eigenvalue weighted by Gasteiger charge is 2.31.